The molecule has 0 spiro atoms. The highest BCUT2D eigenvalue weighted by Crippen LogP contribution is 2.25. The van der Waals surface area contributed by atoms with Crippen molar-refractivity contribution in [1.29, 1.82) is 0 Å². The molecule has 1 saturated heterocycles. The van der Waals surface area contributed by atoms with E-state index in [1.54, 1.807) is 0 Å². The van der Waals surface area contributed by atoms with Crippen LogP contribution >= 0.6 is 0 Å². The number of anilines is 1. The zero-order valence-electron chi connectivity index (χ0n) is 16.5. The van der Waals surface area contributed by atoms with Crippen molar-refractivity contribution in [3.05, 3.63) is 65.7 Å². The van der Waals surface area contributed by atoms with Gasteiger partial charge < -0.3 is 10.6 Å². The molecule has 1 aliphatic heterocycles. The number of amides is 2. The summed E-state index contributed by atoms with van der Waals surface area (Å²) in [4.78, 5) is 27.1. The van der Waals surface area contributed by atoms with Crippen LogP contribution in [0.5, 0.6) is 0 Å². The van der Waals surface area contributed by atoms with Gasteiger partial charge in [-0.25, -0.2) is 0 Å². The van der Waals surface area contributed by atoms with Crippen LogP contribution in [0.1, 0.15) is 49.8 Å². The fourth-order valence-electron chi connectivity index (χ4n) is 3.66. The second-order valence-corrected chi connectivity index (χ2v) is 7.27. The lowest BCUT2D eigenvalue weighted by Gasteiger charge is -2.27. The number of hydrogen-bond donors (Lipinski definition) is 2. The maximum atomic E-state index is 13.0. The van der Waals surface area contributed by atoms with E-state index in [9.17, 15) is 9.59 Å². The molecule has 148 valence electrons. The molecule has 28 heavy (non-hydrogen) atoms. The van der Waals surface area contributed by atoms with E-state index in [2.05, 4.69) is 15.5 Å². The average molecular weight is 380 g/mol. The van der Waals surface area contributed by atoms with Crippen LogP contribution in [0.2, 0.25) is 0 Å². The summed E-state index contributed by atoms with van der Waals surface area (Å²) in [6.07, 6.45) is 3.60. The molecule has 0 bridgehead atoms. The number of hydrogen-bond acceptors (Lipinski definition) is 3. The number of likely N-dealkylation sites (tertiary alicyclic amines) is 1. The van der Waals surface area contributed by atoms with Crippen molar-refractivity contribution < 1.29 is 9.59 Å². The van der Waals surface area contributed by atoms with E-state index in [1.807, 2.05) is 61.5 Å². The lowest BCUT2D eigenvalue weighted by Crippen LogP contribution is -2.39. The van der Waals surface area contributed by atoms with Crippen LogP contribution in [0.4, 0.5) is 5.69 Å². The summed E-state index contributed by atoms with van der Waals surface area (Å²) >= 11 is 0. The molecule has 1 fully saturated rings. The maximum Gasteiger partial charge on any atom is 0.242 e. The third kappa shape index (κ3) is 5.42. The van der Waals surface area contributed by atoms with Crippen LogP contribution in [-0.4, -0.2) is 29.8 Å². The van der Waals surface area contributed by atoms with Crippen molar-refractivity contribution >= 4 is 17.5 Å². The first-order valence-electron chi connectivity index (χ1n) is 10.1. The monoisotopic (exact) mass is 379 g/mol. The van der Waals surface area contributed by atoms with Gasteiger partial charge in [0.2, 0.25) is 11.8 Å². The highest BCUT2D eigenvalue weighted by Gasteiger charge is 2.29. The number of rotatable bonds is 8. The highest BCUT2D eigenvalue weighted by molar-refractivity contribution is 5.90. The second kappa shape index (κ2) is 10.0. The van der Waals surface area contributed by atoms with Gasteiger partial charge in [-0.05, 0) is 55.6 Å². The molecule has 0 unspecified atom stereocenters. The van der Waals surface area contributed by atoms with Crippen molar-refractivity contribution in [1.82, 2.24) is 10.2 Å². The number of carbonyl (C=O) groups excluding carboxylic acids is 2. The van der Waals surface area contributed by atoms with Crippen LogP contribution in [-0.2, 0) is 16.1 Å². The first-order valence-corrected chi connectivity index (χ1v) is 10.1. The Labute approximate surface area is 167 Å². The summed E-state index contributed by atoms with van der Waals surface area (Å²) in [5.74, 6) is 0.0374. The Hall–Kier alpha value is -2.66. The summed E-state index contributed by atoms with van der Waals surface area (Å²) in [6.45, 7) is 4.32. The van der Waals surface area contributed by atoms with Gasteiger partial charge in [0.05, 0.1) is 0 Å². The number of benzene rings is 2. The molecule has 2 aromatic rings. The van der Waals surface area contributed by atoms with Gasteiger partial charge in [0.15, 0.2) is 0 Å². The Morgan fingerprint density at radius 2 is 1.79 bits per heavy atom. The third-order valence-electron chi connectivity index (χ3n) is 5.02. The van der Waals surface area contributed by atoms with Crippen molar-refractivity contribution in [3.8, 4) is 0 Å². The minimum Gasteiger partial charge on any atom is -0.350 e. The quantitative estimate of drug-likeness (QED) is 0.732. The average Bonchev–Trinajstić information content (AvgIpc) is 3.22. The van der Waals surface area contributed by atoms with E-state index >= 15 is 0 Å². The highest BCUT2D eigenvalue weighted by atomic mass is 16.2. The predicted molar refractivity (Wildman–Crippen MR) is 112 cm³/mol. The fourth-order valence-corrected chi connectivity index (χ4v) is 3.66. The molecule has 5 heteroatoms. The molecule has 3 rings (SSSR count). The molecular formula is C23H29N3O2. The smallest absolute Gasteiger partial charge is 0.242 e. The zero-order valence-corrected chi connectivity index (χ0v) is 16.5. The van der Waals surface area contributed by atoms with Gasteiger partial charge >= 0.3 is 0 Å². The van der Waals surface area contributed by atoms with Crippen LogP contribution in [0.15, 0.2) is 54.6 Å². The molecule has 2 amide bonds. The molecule has 0 saturated carbocycles. The van der Waals surface area contributed by atoms with Crippen molar-refractivity contribution in [3.63, 3.8) is 0 Å². The van der Waals surface area contributed by atoms with Crippen molar-refractivity contribution in [2.45, 2.75) is 45.2 Å². The first-order chi connectivity index (χ1) is 13.7. The van der Waals surface area contributed by atoms with E-state index in [4.69, 9.17) is 0 Å². The Morgan fingerprint density at radius 3 is 2.50 bits per heavy atom. The Bertz CT molecular complexity index is 785. The molecule has 1 atom stereocenters. The Balaban J connectivity index is 1.65. The lowest BCUT2D eigenvalue weighted by molar-refractivity contribution is -0.126. The normalized spacial score (nSPS) is 15.2. The summed E-state index contributed by atoms with van der Waals surface area (Å²) in [5.41, 5.74) is 2.77. The second-order valence-electron chi connectivity index (χ2n) is 7.27. The molecule has 5 nitrogen and oxygen atoms in total. The van der Waals surface area contributed by atoms with Crippen LogP contribution in [0.25, 0.3) is 0 Å². The van der Waals surface area contributed by atoms with Gasteiger partial charge in [-0.15, -0.1) is 0 Å². The van der Waals surface area contributed by atoms with Crippen molar-refractivity contribution in [2.75, 3.05) is 18.4 Å². The van der Waals surface area contributed by atoms with Gasteiger partial charge in [0, 0.05) is 18.7 Å². The van der Waals surface area contributed by atoms with Gasteiger partial charge in [-0.2, -0.15) is 0 Å². The summed E-state index contributed by atoms with van der Waals surface area (Å²) < 4.78 is 0. The predicted octanol–water partition coefficient (Wildman–Crippen LogP) is 3.88. The standard InChI is InChI=1S/C23H29N3O2/c1-2-9-21(27)25-20-13-8-10-18(16-20)17-24-23(28)22(26-14-6-7-15-26)19-11-4-3-5-12-19/h3-5,8,10-13,16,22H,2,6-7,9,14-15,17H2,1H3,(H,24,28)(H,25,27)/t22-/m1/s1. The number of carbonyl (C=O) groups is 2. The summed E-state index contributed by atoms with van der Waals surface area (Å²) in [6, 6.07) is 17.4. The summed E-state index contributed by atoms with van der Waals surface area (Å²) in [7, 11) is 0. The molecule has 1 aliphatic rings. The molecule has 1 heterocycles. The van der Waals surface area contributed by atoms with Gasteiger partial charge in [0.25, 0.3) is 0 Å². The summed E-state index contributed by atoms with van der Waals surface area (Å²) in [5, 5.41) is 5.99. The molecule has 0 radical (unpaired) electrons. The van der Waals surface area contributed by atoms with E-state index in [0.717, 1.165) is 49.2 Å². The van der Waals surface area contributed by atoms with E-state index in [-0.39, 0.29) is 17.9 Å². The SMILES string of the molecule is CCCC(=O)Nc1cccc(CNC(=O)[C@@H](c2ccccc2)N2CCCC2)c1. The maximum absolute atomic E-state index is 13.0. The lowest BCUT2D eigenvalue weighted by atomic mass is 10.0. The topological polar surface area (TPSA) is 61.4 Å². The largest absolute Gasteiger partial charge is 0.350 e. The third-order valence-corrected chi connectivity index (χ3v) is 5.02. The van der Waals surface area contributed by atoms with E-state index < -0.39 is 0 Å². The molecule has 0 aromatic heterocycles. The molecular weight excluding hydrogens is 350 g/mol. The van der Waals surface area contributed by atoms with Gasteiger partial charge in [-0.3, -0.25) is 14.5 Å². The fraction of sp³-hybridized carbons (Fsp3) is 0.391. The van der Waals surface area contributed by atoms with Crippen molar-refractivity contribution in [2.24, 2.45) is 0 Å². The van der Waals surface area contributed by atoms with E-state index in [0.29, 0.717) is 13.0 Å². The number of nitrogens with one attached hydrogen (secondary N) is 2. The number of nitrogens with zero attached hydrogens (tertiary/aromatic N) is 1. The molecule has 2 aromatic carbocycles. The Morgan fingerprint density at radius 1 is 1.04 bits per heavy atom. The van der Waals surface area contributed by atoms with E-state index in [1.165, 1.54) is 0 Å². The van der Waals surface area contributed by atoms with Gasteiger partial charge in [0.1, 0.15) is 6.04 Å². The zero-order chi connectivity index (χ0) is 19.8. The van der Waals surface area contributed by atoms with Crippen LogP contribution < -0.4 is 10.6 Å². The Kier molecular flexibility index (Phi) is 7.20. The van der Waals surface area contributed by atoms with Crippen LogP contribution in [0.3, 0.4) is 0 Å². The minimum absolute atomic E-state index is 0.0156. The van der Waals surface area contributed by atoms with Gasteiger partial charge in [-0.1, -0.05) is 49.4 Å². The molecule has 0 aliphatic carbocycles. The first kappa shape index (κ1) is 20.1. The van der Waals surface area contributed by atoms with Crippen LogP contribution in [0, 0.1) is 0 Å². The minimum atomic E-state index is -0.254. The molecule has 2 N–H and O–H groups in total.